The molecule has 1 atom stereocenters. The normalized spacial score (nSPS) is 12.6. The van der Waals surface area contributed by atoms with E-state index >= 15 is 0 Å². The van der Waals surface area contributed by atoms with Gasteiger partial charge in [-0.05, 0) is 25.3 Å². The van der Waals surface area contributed by atoms with Gasteiger partial charge < -0.3 is 19.3 Å². The molecule has 7 nitrogen and oxygen atoms in total. The van der Waals surface area contributed by atoms with E-state index < -0.39 is 20.5 Å². The molecule has 0 spiro atoms. The molecule has 0 bridgehead atoms. The Kier molecular flexibility index (Phi) is 36.7. The number of phosphoric ester groups is 1. The first-order valence-electron chi connectivity index (χ1n) is 20.5. The lowest BCUT2D eigenvalue weighted by Gasteiger charge is -2.18. The molecule has 2 N–H and O–H groups in total. The third-order valence-corrected chi connectivity index (χ3v) is 9.65. The number of phosphoric acid groups is 1. The average Bonchev–Trinajstić information content (AvgIpc) is 3.06. The molecule has 48 heavy (non-hydrogen) atoms. The maximum Gasteiger partial charge on any atom is 0.469 e. The van der Waals surface area contributed by atoms with E-state index in [2.05, 4.69) is 18.4 Å². The SMILES string of the molecule is CCCCCCCCCCCCCC/C=C\OC[C@H](COP(=O)(O)O)OC(=O)CCCCCCCCCCCCCCCCCCCC. The zero-order valence-corrected chi connectivity index (χ0v) is 32.6. The summed E-state index contributed by atoms with van der Waals surface area (Å²) in [5.41, 5.74) is 0. The van der Waals surface area contributed by atoms with Crippen LogP contribution in [0.3, 0.4) is 0 Å². The molecule has 0 aromatic rings. The average molecular weight is 703 g/mol. The summed E-state index contributed by atoms with van der Waals surface area (Å²) in [4.78, 5) is 30.5. The van der Waals surface area contributed by atoms with Gasteiger partial charge in [-0.25, -0.2) is 4.57 Å². The first kappa shape index (κ1) is 47.1. The largest absolute Gasteiger partial charge is 0.498 e. The molecule has 0 heterocycles. The van der Waals surface area contributed by atoms with Crippen LogP contribution in [0, 0.1) is 0 Å². The van der Waals surface area contributed by atoms with Gasteiger partial charge in [-0.15, -0.1) is 0 Å². The van der Waals surface area contributed by atoms with Gasteiger partial charge in [0.05, 0.1) is 12.9 Å². The van der Waals surface area contributed by atoms with E-state index in [4.69, 9.17) is 19.3 Å². The van der Waals surface area contributed by atoms with Crippen molar-refractivity contribution in [3.8, 4) is 0 Å². The van der Waals surface area contributed by atoms with Gasteiger partial charge in [0.1, 0.15) is 6.61 Å². The maximum absolute atomic E-state index is 12.4. The van der Waals surface area contributed by atoms with Crippen molar-refractivity contribution < 1.29 is 33.1 Å². The highest BCUT2D eigenvalue weighted by molar-refractivity contribution is 7.46. The molecule has 0 unspecified atom stereocenters. The summed E-state index contributed by atoms with van der Waals surface area (Å²) in [6, 6.07) is 0. The quantitative estimate of drug-likeness (QED) is 0.0284. The summed E-state index contributed by atoms with van der Waals surface area (Å²) in [5, 5.41) is 0. The molecule has 286 valence electrons. The van der Waals surface area contributed by atoms with Crippen molar-refractivity contribution in [1.29, 1.82) is 0 Å². The lowest BCUT2D eigenvalue weighted by atomic mass is 10.0. The van der Waals surface area contributed by atoms with E-state index in [1.165, 1.54) is 167 Å². The number of carbonyl (C=O) groups excluding carboxylic acids is 1. The van der Waals surface area contributed by atoms with Gasteiger partial charge in [-0.3, -0.25) is 9.32 Å². The van der Waals surface area contributed by atoms with Gasteiger partial charge in [-0.2, -0.15) is 0 Å². The summed E-state index contributed by atoms with van der Waals surface area (Å²) < 4.78 is 26.7. The highest BCUT2D eigenvalue weighted by atomic mass is 31.2. The molecule has 0 aliphatic heterocycles. The second-order valence-corrected chi connectivity index (χ2v) is 15.3. The molecule has 8 heteroatoms. The van der Waals surface area contributed by atoms with Crippen LogP contribution in [0.2, 0.25) is 0 Å². The van der Waals surface area contributed by atoms with Crippen LogP contribution in [0.25, 0.3) is 0 Å². The molecule has 0 saturated carbocycles. The number of ether oxygens (including phenoxy) is 2. The summed E-state index contributed by atoms with van der Waals surface area (Å²) in [6.45, 7) is 4.13. The predicted molar refractivity (Wildman–Crippen MR) is 202 cm³/mol. The van der Waals surface area contributed by atoms with Crippen molar-refractivity contribution in [2.75, 3.05) is 13.2 Å². The molecule has 0 fully saturated rings. The Morgan fingerprint density at radius 2 is 0.896 bits per heavy atom. The number of allylic oxidation sites excluding steroid dienone is 1. The summed E-state index contributed by atoms with van der Waals surface area (Å²) in [5.74, 6) is -0.380. The standard InChI is InChI=1S/C40H79O7P/c1-3-5-7-9-11-13-15-17-19-20-21-22-23-25-27-29-31-33-35-40(41)47-39(38-46-48(42,43)44)37-45-36-34-32-30-28-26-24-18-16-14-12-10-8-6-4-2/h34,36,39H,3-33,35,37-38H2,1-2H3,(H2,42,43,44)/b36-34-/t39-/m1/s1. The fraction of sp³-hybridized carbons (Fsp3) is 0.925. The molecule has 0 aromatic carbocycles. The van der Waals surface area contributed by atoms with E-state index in [-0.39, 0.29) is 12.6 Å². The van der Waals surface area contributed by atoms with Crippen LogP contribution >= 0.6 is 7.82 Å². The van der Waals surface area contributed by atoms with Crippen LogP contribution in [-0.2, 0) is 23.4 Å². The third kappa shape index (κ3) is 39.6. The van der Waals surface area contributed by atoms with Gasteiger partial charge in [0, 0.05) is 6.42 Å². The van der Waals surface area contributed by atoms with Crippen molar-refractivity contribution >= 4 is 13.8 Å². The molecular weight excluding hydrogens is 623 g/mol. The minimum atomic E-state index is -4.66. The second-order valence-electron chi connectivity index (χ2n) is 14.0. The van der Waals surface area contributed by atoms with E-state index in [9.17, 15) is 9.36 Å². The molecule has 0 aliphatic rings. The van der Waals surface area contributed by atoms with Crippen molar-refractivity contribution in [2.45, 2.75) is 225 Å². The highest BCUT2D eigenvalue weighted by Gasteiger charge is 2.21. The first-order chi connectivity index (χ1) is 23.4. The Bertz CT molecular complexity index is 739. The van der Waals surface area contributed by atoms with Gasteiger partial charge in [0.15, 0.2) is 6.10 Å². The van der Waals surface area contributed by atoms with Crippen molar-refractivity contribution in [3.63, 3.8) is 0 Å². The van der Waals surface area contributed by atoms with Gasteiger partial charge in [0.2, 0.25) is 0 Å². The number of rotatable bonds is 39. The Morgan fingerprint density at radius 3 is 1.27 bits per heavy atom. The fourth-order valence-electron chi connectivity index (χ4n) is 6.11. The van der Waals surface area contributed by atoms with Crippen LogP contribution in [0.1, 0.15) is 219 Å². The van der Waals surface area contributed by atoms with Crippen LogP contribution in [0.5, 0.6) is 0 Å². The summed E-state index contributed by atoms with van der Waals surface area (Å²) >= 11 is 0. The van der Waals surface area contributed by atoms with Crippen LogP contribution < -0.4 is 0 Å². The molecule has 0 radical (unpaired) electrons. The van der Waals surface area contributed by atoms with Crippen molar-refractivity contribution in [3.05, 3.63) is 12.3 Å². The topological polar surface area (TPSA) is 102 Å². The van der Waals surface area contributed by atoms with Crippen molar-refractivity contribution in [2.24, 2.45) is 0 Å². The zero-order valence-electron chi connectivity index (χ0n) is 31.7. The minimum absolute atomic E-state index is 0.000189. The van der Waals surface area contributed by atoms with Gasteiger partial charge >= 0.3 is 13.8 Å². The molecule has 0 amide bonds. The van der Waals surface area contributed by atoms with Crippen LogP contribution in [-0.4, -0.2) is 35.1 Å². The van der Waals surface area contributed by atoms with Gasteiger partial charge in [0.25, 0.3) is 0 Å². The fourth-order valence-corrected chi connectivity index (χ4v) is 6.47. The smallest absolute Gasteiger partial charge is 0.469 e. The number of hydrogen-bond donors (Lipinski definition) is 2. The van der Waals surface area contributed by atoms with E-state index in [1.54, 1.807) is 6.26 Å². The Morgan fingerprint density at radius 1 is 0.542 bits per heavy atom. The van der Waals surface area contributed by atoms with E-state index in [0.29, 0.717) is 6.42 Å². The first-order valence-corrected chi connectivity index (χ1v) is 22.1. The Labute approximate surface area is 297 Å². The molecule has 0 aromatic heterocycles. The molecule has 0 rings (SSSR count). The molecular formula is C40H79O7P. The predicted octanol–water partition coefficient (Wildman–Crippen LogP) is 13.1. The highest BCUT2D eigenvalue weighted by Crippen LogP contribution is 2.36. The van der Waals surface area contributed by atoms with Crippen LogP contribution in [0.4, 0.5) is 0 Å². The van der Waals surface area contributed by atoms with E-state index in [1.807, 2.05) is 6.08 Å². The third-order valence-electron chi connectivity index (χ3n) is 9.16. The molecule has 0 aliphatic carbocycles. The van der Waals surface area contributed by atoms with Crippen LogP contribution in [0.15, 0.2) is 12.3 Å². The second kappa shape index (κ2) is 37.4. The number of hydrogen-bond acceptors (Lipinski definition) is 5. The maximum atomic E-state index is 12.4. The lowest BCUT2D eigenvalue weighted by Crippen LogP contribution is -2.27. The number of esters is 1. The van der Waals surface area contributed by atoms with Gasteiger partial charge in [-0.1, -0.05) is 194 Å². The summed E-state index contributed by atoms with van der Waals surface area (Å²) in [6.07, 6.45) is 42.9. The monoisotopic (exact) mass is 703 g/mol. The van der Waals surface area contributed by atoms with E-state index in [0.717, 1.165) is 32.1 Å². The Balaban J connectivity index is 3.80. The lowest BCUT2D eigenvalue weighted by molar-refractivity contribution is -0.153. The molecule has 0 saturated heterocycles. The summed E-state index contributed by atoms with van der Waals surface area (Å²) in [7, 11) is -4.66. The zero-order chi connectivity index (χ0) is 35.2. The number of unbranched alkanes of at least 4 members (excludes halogenated alkanes) is 29. The number of carbonyl (C=O) groups is 1. The Hall–Kier alpha value is -0.880. The van der Waals surface area contributed by atoms with Crippen molar-refractivity contribution in [1.82, 2.24) is 0 Å². The minimum Gasteiger partial charge on any atom is -0.498 e.